The Morgan fingerprint density at radius 3 is 1.71 bits per heavy atom. The lowest BCUT2D eigenvalue weighted by molar-refractivity contribution is 0.208. The van der Waals surface area contributed by atoms with Crippen LogP contribution in [0.3, 0.4) is 0 Å². The lowest BCUT2D eigenvalue weighted by atomic mass is 10.6. The van der Waals surface area contributed by atoms with E-state index in [4.69, 9.17) is 4.91 Å². The first-order chi connectivity index (χ1) is 3.33. The highest BCUT2D eigenvalue weighted by molar-refractivity contribution is 3.92. The number of hydrogen-bond donors (Lipinski definition) is 0. The molecule has 0 saturated carbocycles. The lowest BCUT2D eigenvalue weighted by Crippen LogP contribution is -1.53. The van der Waals surface area contributed by atoms with Crippen LogP contribution in [0.25, 0.3) is 0 Å². The van der Waals surface area contributed by atoms with E-state index in [1.54, 1.807) is 0 Å². The maximum absolute atomic E-state index is 8.70. The number of nitrogens with zero attached hydrogens (tertiary/aromatic N) is 1. The molecular formula is C4H11NO2. The van der Waals surface area contributed by atoms with Gasteiger partial charge in [-0.15, -0.1) is 4.91 Å². The molecule has 0 rings (SSSR count). The molecule has 0 atom stereocenters. The average molecular weight is 105 g/mol. The lowest BCUT2D eigenvalue weighted by Gasteiger charge is -1.63. The summed E-state index contributed by atoms with van der Waals surface area (Å²) in [5.41, 5.74) is 0. The van der Waals surface area contributed by atoms with Gasteiger partial charge in [-0.1, -0.05) is 20.3 Å². The molecule has 3 nitrogen and oxygen atoms in total. The molecule has 0 N–H and O–H groups in total. The third-order valence-corrected chi connectivity index (χ3v) is 0.0745. The summed E-state index contributed by atoms with van der Waals surface area (Å²) >= 11 is 0. The second kappa shape index (κ2) is 18.2. The fraction of sp³-hybridized carbons (Fsp3) is 1.00. The van der Waals surface area contributed by atoms with Gasteiger partial charge in [-0.25, -0.2) is 0 Å². The number of hydrogen-bond acceptors (Lipinski definition) is 3. The fourth-order valence-electron chi connectivity index (χ4n) is 0. The topological polar surface area (TPSA) is 38.7 Å². The van der Waals surface area contributed by atoms with Crippen LogP contribution in [0.4, 0.5) is 0 Å². The van der Waals surface area contributed by atoms with Crippen LogP contribution in [0.2, 0.25) is 0 Å². The standard InChI is InChI=1S/C3H8.CH3NO2/c1-3-2;1-4-2-3/h3H2,1-2H3;1H3. The molecule has 3 heteroatoms. The van der Waals surface area contributed by atoms with E-state index in [1.807, 2.05) is 5.34 Å². The van der Waals surface area contributed by atoms with Gasteiger partial charge in [0.2, 0.25) is 0 Å². The Labute approximate surface area is 43.6 Å². The van der Waals surface area contributed by atoms with Crippen LogP contribution in [0, 0.1) is 4.91 Å². The SMILES string of the molecule is CCC.CON=O. The van der Waals surface area contributed by atoms with Crippen LogP contribution in [0.15, 0.2) is 5.34 Å². The Morgan fingerprint density at radius 2 is 1.71 bits per heavy atom. The third kappa shape index (κ3) is 390. The molecule has 0 fully saturated rings. The molecule has 0 aliphatic rings. The molecule has 44 valence electrons. The monoisotopic (exact) mass is 105 g/mol. The highest BCUT2D eigenvalue weighted by atomic mass is 16.7. The Bertz CT molecular complexity index is 30.9. The van der Waals surface area contributed by atoms with Gasteiger partial charge in [0.25, 0.3) is 0 Å². The zero-order valence-electron chi connectivity index (χ0n) is 4.97. The van der Waals surface area contributed by atoms with Crippen molar-refractivity contribution in [2.75, 3.05) is 7.11 Å². The second-order valence-electron chi connectivity index (χ2n) is 0.964. The van der Waals surface area contributed by atoms with Crippen molar-refractivity contribution in [1.82, 2.24) is 0 Å². The van der Waals surface area contributed by atoms with Crippen molar-refractivity contribution in [3.8, 4) is 0 Å². The van der Waals surface area contributed by atoms with Crippen LogP contribution in [0.1, 0.15) is 20.3 Å². The molecule has 0 aromatic heterocycles. The largest absolute Gasteiger partial charge is 0.367 e. The first kappa shape index (κ1) is 9.64. The maximum Gasteiger partial charge on any atom is 0.154 e. The highest BCUT2D eigenvalue weighted by Crippen LogP contribution is 1.56. The summed E-state index contributed by atoms with van der Waals surface area (Å²) in [7, 11) is 1.20. The molecule has 0 saturated heterocycles. The maximum atomic E-state index is 8.70. The molecule has 0 aromatic carbocycles. The van der Waals surface area contributed by atoms with Crippen molar-refractivity contribution in [2.45, 2.75) is 20.3 Å². The van der Waals surface area contributed by atoms with Crippen molar-refractivity contribution in [3.63, 3.8) is 0 Å². The van der Waals surface area contributed by atoms with Gasteiger partial charge in [0.15, 0.2) is 5.34 Å². The van der Waals surface area contributed by atoms with E-state index < -0.39 is 0 Å². The van der Waals surface area contributed by atoms with Crippen LogP contribution in [0.5, 0.6) is 0 Å². The van der Waals surface area contributed by atoms with E-state index in [9.17, 15) is 0 Å². The Balaban J connectivity index is 0. The Morgan fingerprint density at radius 1 is 1.57 bits per heavy atom. The summed E-state index contributed by atoms with van der Waals surface area (Å²) in [5.74, 6) is 0. The summed E-state index contributed by atoms with van der Waals surface area (Å²) < 4.78 is 0. The summed E-state index contributed by atoms with van der Waals surface area (Å²) in [6.45, 7) is 4.25. The summed E-state index contributed by atoms with van der Waals surface area (Å²) in [5, 5.41) is 1.99. The first-order valence-corrected chi connectivity index (χ1v) is 2.19. The van der Waals surface area contributed by atoms with E-state index in [1.165, 1.54) is 13.5 Å². The molecule has 7 heavy (non-hydrogen) atoms. The average Bonchev–Trinajstić information content (AvgIpc) is 1.69. The smallest absolute Gasteiger partial charge is 0.154 e. The minimum atomic E-state index is 1.20. The normalized spacial score (nSPS) is 5.57. The van der Waals surface area contributed by atoms with E-state index >= 15 is 0 Å². The third-order valence-electron chi connectivity index (χ3n) is 0.0745. The molecule has 0 unspecified atom stereocenters. The molecule has 0 amide bonds. The van der Waals surface area contributed by atoms with Gasteiger partial charge in [-0.05, 0) is 0 Å². The molecule has 0 aromatic rings. The predicted octanol–water partition coefficient (Wildman–Crippen LogP) is 1.73. The molecule has 0 heterocycles. The molecule has 0 aliphatic carbocycles. The van der Waals surface area contributed by atoms with Gasteiger partial charge in [0.05, 0.1) is 0 Å². The van der Waals surface area contributed by atoms with Crippen LogP contribution < -0.4 is 0 Å². The summed E-state index contributed by atoms with van der Waals surface area (Å²) in [4.78, 5) is 12.3. The summed E-state index contributed by atoms with van der Waals surface area (Å²) in [6.07, 6.45) is 1.25. The quantitative estimate of drug-likeness (QED) is 0.376. The van der Waals surface area contributed by atoms with Gasteiger partial charge in [-0.3, -0.25) is 0 Å². The molecule has 0 spiro atoms. The molecule has 0 radical (unpaired) electrons. The minimum Gasteiger partial charge on any atom is -0.367 e. The Kier molecular flexibility index (Phi) is 25.0. The second-order valence-corrected chi connectivity index (χ2v) is 0.964. The van der Waals surface area contributed by atoms with E-state index in [-0.39, 0.29) is 0 Å². The van der Waals surface area contributed by atoms with Crippen molar-refractivity contribution in [2.24, 2.45) is 5.34 Å². The van der Waals surface area contributed by atoms with Crippen molar-refractivity contribution >= 4 is 0 Å². The van der Waals surface area contributed by atoms with Gasteiger partial charge in [0.1, 0.15) is 7.11 Å². The van der Waals surface area contributed by atoms with E-state index in [0.717, 1.165) is 0 Å². The summed E-state index contributed by atoms with van der Waals surface area (Å²) in [6, 6.07) is 0. The molecule has 0 bridgehead atoms. The molecular weight excluding hydrogens is 94.0 g/mol. The van der Waals surface area contributed by atoms with Crippen molar-refractivity contribution < 1.29 is 4.84 Å². The predicted molar refractivity (Wildman–Crippen MR) is 28.8 cm³/mol. The van der Waals surface area contributed by atoms with Gasteiger partial charge < -0.3 is 4.84 Å². The van der Waals surface area contributed by atoms with Gasteiger partial charge in [-0.2, -0.15) is 0 Å². The first-order valence-electron chi connectivity index (χ1n) is 2.19. The van der Waals surface area contributed by atoms with Crippen molar-refractivity contribution in [3.05, 3.63) is 4.91 Å². The van der Waals surface area contributed by atoms with E-state index in [2.05, 4.69) is 18.7 Å². The van der Waals surface area contributed by atoms with Gasteiger partial charge in [0, 0.05) is 0 Å². The van der Waals surface area contributed by atoms with E-state index in [0.29, 0.717) is 0 Å². The fourth-order valence-corrected chi connectivity index (χ4v) is 0. The zero-order valence-corrected chi connectivity index (χ0v) is 4.97. The van der Waals surface area contributed by atoms with Crippen LogP contribution in [-0.2, 0) is 4.84 Å². The zero-order chi connectivity index (χ0) is 6.12. The Hall–Kier alpha value is -0.600. The molecule has 0 aliphatic heterocycles. The van der Waals surface area contributed by atoms with Gasteiger partial charge >= 0.3 is 0 Å². The number of rotatable bonds is 1. The van der Waals surface area contributed by atoms with Crippen LogP contribution >= 0.6 is 0 Å². The minimum absolute atomic E-state index is 1.20. The van der Waals surface area contributed by atoms with Crippen LogP contribution in [-0.4, -0.2) is 7.11 Å². The van der Waals surface area contributed by atoms with Crippen molar-refractivity contribution in [1.29, 1.82) is 0 Å². The highest BCUT2D eigenvalue weighted by Gasteiger charge is 1.44.